The van der Waals surface area contributed by atoms with E-state index in [-0.39, 0.29) is 24.5 Å². The van der Waals surface area contributed by atoms with Crippen LogP contribution in [0.5, 0.6) is 0 Å². The highest BCUT2D eigenvalue weighted by molar-refractivity contribution is 5.74. The molecule has 0 saturated heterocycles. The smallest absolute Gasteiger partial charge is 0.309 e. The van der Waals surface area contributed by atoms with E-state index in [1.165, 1.54) is 0 Å². The average molecular weight is 302 g/mol. The number of carboxylic acids is 1. The van der Waals surface area contributed by atoms with E-state index in [9.17, 15) is 15.0 Å². The molecule has 2 N–H and O–H groups in total. The Bertz CT molecular complexity index is 330. The molecule has 21 heavy (non-hydrogen) atoms. The van der Waals surface area contributed by atoms with Gasteiger partial charge >= 0.3 is 5.97 Å². The Hall–Kier alpha value is -0.650. The largest absolute Gasteiger partial charge is 0.481 e. The quantitative estimate of drug-likeness (QED) is 0.720. The zero-order valence-corrected chi connectivity index (χ0v) is 13.7. The first kappa shape index (κ1) is 18.4. The van der Waals surface area contributed by atoms with Gasteiger partial charge in [-0.15, -0.1) is 0 Å². The minimum atomic E-state index is -0.803. The minimum Gasteiger partial charge on any atom is -0.481 e. The van der Waals surface area contributed by atoms with Gasteiger partial charge in [-0.1, -0.05) is 13.8 Å². The molecular weight excluding hydrogens is 272 g/mol. The summed E-state index contributed by atoms with van der Waals surface area (Å²) in [6, 6.07) is 0. The predicted molar refractivity (Wildman–Crippen MR) is 80.2 cm³/mol. The molecule has 0 aliphatic heterocycles. The van der Waals surface area contributed by atoms with E-state index >= 15 is 0 Å². The Kier molecular flexibility index (Phi) is 6.63. The Morgan fingerprint density at radius 3 is 2.24 bits per heavy atom. The van der Waals surface area contributed by atoms with E-state index in [1.807, 2.05) is 6.92 Å². The third-order valence-electron chi connectivity index (χ3n) is 4.62. The molecule has 2 unspecified atom stereocenters. The van der Waals surface area contributed by atoms with E-state index in [2.05, 4.69) is 13.8 Å². The van der Waals surface area contributed by atoms with Crippen LogP contribution in [0.1, 0.15) is 52.9 Å². The Morgan fingerprint density at radius 1 is 1.19 bits per heavy atom. The first-order chi connectivity index (χ1) is 9.71. The van der Waals surface area contributed by atoms with Crippen molar-refractivity contribution in [3.8, 4) is 0 Å². The molecule has 0 bridgehead atoms. The maximum absolute atomic E-state index is 11.7. The molecular formula is C16H30O5. The molecule has 124 valence electrons. The van der Waals surface area contributed by atoms with Crippen LogP contribution in [-0.4, -0.2) is 48.7 Å². The van der Waals surface area contributed by atoms with Crippen molar-refractivity contribution >= 4 is 5.97 Å². The fourth-order valence-electron chi connectivity index (χ4n) is 2.98. The number of methoxy groups -OCH3 is 1. The van der Waals surface area contributed by atoms with Crippen LogP contribution < -0.4 is 0 Å². The summed E-state index contributed by atoms with van der Waals surface area (Å²) in [4.78, 5) is 11.7. The highest BCUT2D eigenvalue weighted by Gasteiger charge is 2.45. The molecule has 0 aromatic carbocycles. The van der Waals surface area contributed by atoms with Crippen molar-refractivity contribution < 1.29 is 24.5 Å². The number of carbonyl (C=O) groups is 1. The van der Waals surface area contributed by atoms with E-state index < -0.39 is 17.5 Å². The second-order valence-electron chi connectivity index (χ2n) is 7.21. The molecule has 0 spiro atoms. The van der Waals surface area contributed by atoms with Gasteiger partial charge in [0, 0.05) is 7.11 Å². The van der Waals surface area contributed by atoms with Gasteiger partial charge in [0.05, 0.1) is 30.8 Å². The third kappa shape index (κ3) is 5.57. The number of rotatable bonds is 8. The summed E-state index contributed by atoms with van der Waals surface area (Å²) in [6.07, 6.45) is 2.43. The van der Waals surface area contributed by atoms with Crippen LogP contribution in [0.3, 0.4) is 0 Å². The van der Waals surface area contributed by atoms with Crippen molar-refractivity contribution in [3.05, 3.63) is 0 Å². The molecule has 2 atom stereocenters. The molecule has 1 aliphatic carbocycles. The first-order valence-corrected chi connectivity index (χ1v) is 7.73. The zero-order valence-electron chi connectivity index (χ0n) is 13.7. The SMILES string of the molecule is COCC(C)OCC(O)CC1(C(=O)O)CCC(C)(C)CC1. The van der Waals surface area contributed by atoms with E-state index in [0.717, 1.165) is 12.8 Å². The molecule has 5 nitrogen and oxygen atoms in total. The fourth-order valence-corrected chi connectivity index (χ4v) is 2.98. The molecule has 0 aromatic rings. The molecule has 1 saturated carbocycles. The monoisotopic (exact) mass is 302 g/mol. The number of hydrogen-bond donors (Lipinski definition) is 2. The Balaban J connectivity index is 2.53. The zero-order chi connectivity index (χ0) is 16.1. The molecule has 1 fully saturated rings. The summed E-state index contributed by atoms with van der Waals surface area (Å²) in [5.74, 6) is -0.790. The summed E-state index contributed by atoms with van der Waals surface area (Å²) in [6.45, 7) is 6.83. The van der Waals surface area contributed by atoms with Gasteiger partial charge in [-0.2, -0.15) is 0 Å². The molecule has 0 radical (unpaired) electrons. The van der Waals surface area contributed by atoms with Crippen molar-refractivity contribution in [1.82, 2.24) is 0 Å². The first-order valence-electron chi connectivity index (χ1n) is 7.73. The number of aliphatic hydroxyl groups excluding tert-OH is 1. The molecule has 1 aliphatic rings. The van der Waals surface area contributed by atoms with Crippen molar-refractivity contribution in [2.75, 3.05) is 20.3 Å². The van der Waals surface area contributed by atoms with E-state index in [0.29, 0.717) is 19.4 Å². The topological polar surface area (TPSA) is 76.0 Å². The Labute approximate surface area is 127 Å². The summed E-state index contributed by atoms with van der Waals surface area (Å²) >= 11 is 0. The standard InChI is InChI=1S/C16H30O5/c1-12(10-20-4)21-11-13(17)9-16(14(18)19)7-5-15(2,3)6-8-16/h12-13,17H,5-11H2,1-4H3,(H,18,19). The number of ether oxygens (including phenoxy) is 2. The average Bonchev–Trinajstić information content (AvgIpc) is 2.39. The summed E-state index contributed by atoms with van der Waals surface area (Å²) < 4.78 is 10.4. The van der Waals surface area contributed by atoms with Crippen LogP contribution in [-0.2, 0) is 14.3 Å². The summed E-state index contributed by atoms with van der Waals surface area (Å²) in [7, 11) is 1.60. The lowest BCUT2D eigenvalue weighted by Crippen LogP contribution is -2.41. The fraction of sp³-hybridized carbons (Fsp3) is 0.938. The summed E-state index contributed by atoms with van der Waals surface area (Å²) in [5, 5.41) is 19.7. The lowest BCUT2D eigenvalue weighted by atomic mass is 9.63. The van der Waals surface area contributed by atoms with E-state index in [4.69, 9.17) is 9.47 Å². The van der Waals surface area contributed by atoms with Crippen LogP contribution in [0.15, 0.2) is 0 Å². The normalized spacial score (nSPS) is 23.5. The third-order valence-corrected chi connectivity index (χ3v) is 4.62. The number of aliphatic hydroxyl groups is 1. The van der Waals surface area contributed by atoms with Gasteiger partial charge in [0.2, 0.25) is 0 Å². The lowest BCUT2D eigenvalue weighted by Gasteiger charge is -2.41. The van der Waals surface area contributed by atoms with Gasteiger partial charge in [-0.05, 0) is 44.4 Å². The Morgan fingerprint density at radius 2 is 1.76 bits per heavy atom. The van der Waals surface area contributed by atoms with Crippen LogP contribution in [0.25, 0.3) is 0 Å². The van der Waals surface area contributed by atoms with Gasteiger partial charge in [0.25, 0.3) is 0 Å². The molecule has 1 rings (SSSR count). The van der Waals surface area contributed by atoms with Crippen molar-refractivity contribution in [2.24, 2.45) is 10.8 Å². The number of aliphatic carboxylic acids is 1. The molecule has 0 aromatic heterocycles. The maximum Gasteiger partial charge on any atom is 0.309 e. The highest BCUT2D eigenvalue weighted by Crippen LogP contribution is 2.47. The van der Waals surface area contributed by atoms with Gasteiger partial charge < -0.3 is 19.7 Å². The number of carboxylic acid groups (broad SMARTS) is 1. The highest BCUT2D eigenvalue weighted by atomic mass is 16.5. The minimum absolute atomic E-state index is 0.101. The lowest BCUT2D eigenvalue weighted by molar-refractivity contribution is -0.156. The van der Waals surface area contributed by atoms with Gasteiger partial charge in [0.15, 0.2) is 0 Å². The predicted octanol–water partition coefficient (Wildman–Crippen LogP) is 2.46. The molecule has 5 heteroatoms. The summed E-state index contributed by atoms with van der Waals surface area (Å²) in [5.41, 5.74) is -0.601. The van der Waals surface area contributed by atoms with Crippen molar-refractivity contribution in [1.29, 1.82) is 0 Å². The molecule has 0 amide bonds. The second-order valence-corrected chi connectivity index (χ2v) is 7.21. The van der Waals surface area contributed by atoms with Crippen molar-refractivity contribution in [2.45, 2.75) is 65.1 Å². The van der Waals surface area contributed by atoms with Gasteiger partial charge in [0.1, 0.15) is 0 Å². The van der Waals surface area contributed by atoms with Crippen LogP contribution >= 0.6 is 0 Å². The maximum atomic E-state index is 11.7. The van der Waals surface area contributed by atoms with Crippen LogP contribution in [0.2, 0.25) is 0 Å². The van der Waals surface area contributed by atoms with Crippen LogP contribution in [0, 0.1) is 10.8 Å². The molecule has 0 heterocycles. The van der Waals surface area contributed by atoms with Crippen molar-refractivity contribution in [3.63, 3.8) is 0 Å². The second kappa shape index (κ2) is 7.56. The van der Waals surface area contributed by atoms with E-state index in [1.54, 1.807) is 7.11 Å². The van der Waals surface area contributed by atoms with Gasteiger partial charge in [-0.25, -0.2) is 0 Å². The number of hydrogen-bond acceptors (Lipinski definition) is 4. The van der Waals surface area contributed by atoms with Crippen LogP contribution in [0.4, 0.5) is 0 Å². The van der Waals surface area contributed by atoms with Gasteiger partial charge in [-0.3, -0.25) is 4.79 Å².